The average Bonchev–Trinajstić information content (AvgIpc) is 3.34. The van der Waals surface area contributed by atoms with Crippen LogP contribution in [0.5, 0.6) is 23.0 Å². The van der Waals surface area contributed by atoms with Crippen LogP contribution < -0.4 is 9.47 Å². The van der Waals surface area contributed by atoms with Gasteiger partial charge in [-0.2, -0.15) is 0 Å². The minimum Gasteiger partial charge on any atom is -0.508 e. The number of ketones is 1. The quantitative estimate of drug-likeness (QED) is 0.494. The van der Waals surface area contributed by atoms with Crippen molar-refractivity contribution in [1.82, 2.24) is 4.90 Å². The highest BCUT2D eigenvalue weighted by Crippen LogP contribution is 2.42. The van der Waals surface area contributed by atoms with Crippen LogP contribution in [-0.2, 0) is 0 Å². The predicted octanol–water partition coefficient (Wildman–Crippen LogP) is 5.27. The van der Waals surface area contributed by atoms with E-state index in [0.717, 1.165) is 41.9 Å². The molecule has 1 aliphatic rings. The van der Waals surface area contributed by atoms with Crippen LogP contribution in [0.25, 0.3) is 10.1 Å². The van der Waals surface area contributed by atoms with E-state index in [-0.39, 0.29) is 24.1 Å². The first kappa shape index (κ1) is 20.6. The van der Waals surface area contributed by atoms with Gasteiger partial charge in [0, 0.05) is 36.0 Å². The van der Waals surface area contributed by atoms with Crippen molar-refractivity contribution in [2.45, 2.75) is 13.3 Å². The van der Waals surface area contributed by atoms with Crippen molar-refractivity contribution in [2.75, 3.05) is 32.9 Å². The van der Waals surface area contributed by atoms with Gasteiger partial charge in [0.2, 0.25) is 0 Å². The summed E-state index contributed by atoms with van der Waals surface area (Å²) in [6.45, 7) is 4.32. The van der Waals surface area contributed by atoms with Crippen LogP contribution in [0.1, 0.15) is 23.0 Å². The fourth-order valence-electron chi connectivity index (χ4n) is 3.65. The molecule has 1 atom stereocenters. The molecule has 1 saturated heterocycles. The summed E-state index contributed by atoms with van der Waals surface area (Å²) >= 11 is 1.31. The molecule has 1 aromatic heterocycles. The number of aromatic hydroxyl groups is 1. The summed E-state index contributed by atoms with van der Waals surface area (Å²) in [7, 11) is 0. The Kier molecular flexibility index (Phi) is 6.20. The van der Waals surface area contributed by atoms with Crippen LogP contribution in [0.3, 0.4) is 0 Å². The first-order chi connectivity index (χ1) is 14.5. The maximum Gasteiger partial charge on any atom is 0.173 e. The number of hydrogen-bond donors (Lipinski definition) is 1. The molecule has 1 aliphatic heterocycles. The monoisotopic (exact) mass is 429 g/mol. The van der Waals surface area contributed by atoms with E-state index in [2.05, 4.69) is 4.90 Å². The number of phenolic OH excluding ortho intramolecular Hbond substituents is 1. The topological polar surface area (TPSA) is 59.0 Å². The molecule has 4 rings (SSSR count). The van der Waals surface area contributed by atoms with E-state index in [4.69, 9.17) is 9.47 Å². The molecule has 0 saturated carbocycles. The van der Waals surface area contributed by atoms with Crippen molar-refractivity contribution in [1.29, 1.82) is 0 Å². The van der Waals surface area contributed by atoms with E-state index in [9.17, 15) is 14.3 Å². The first-order valence-corrected chi connectivity index (χ1v) is 10.8. The Balaban J connectivity index is 1.40. The fraction of sp³-hybridized carbons (Fsp3) is 0.348. The lowest BCUT2D eigenvalue weighted by atomic mass is 10.1. The number of ether oxygens (including phenoxy) is 2. The van der Waals surface area contributed by atoms with Gasteiger partial charge in [-0.15, -0.1) is 11.3 Å². The molecule has 30 heavy (non-hydrogen) atoms. The summed E-state index contributed by atoms with van der Waals surface area (Å²) in [5.74, 6) is 2.08. The van der Waals surface area contributed by atoms with Gasteiger partial charge in [-0.25, -0.2) is 0 Å². The smallest absolute Gasteiger partial charge is 0.173 e. The van der Waals surface area contributed by atoms with Gasteiger partial charge in [-0.1, -0.05) is 0 Å². The second-order valence-electron chi connectivity index (χ2n) is 7.53. The zero-order valence-electron chi connectivity index (χ0n) is 16.8. The predicted molar refractivity (Wildman–Crippen MR) is 116 cm³/mol. The minimum absolute atomic E-state index is 0.0810. The van der Waals surface area contributed by atoms with Crippen molar-refractivity contribution < 1.29 is 23.8 Å². The molecule has 0 spiro atoms. The molecule has 0 amide bonds. The molecule has 5 nitrogen and oxygen atoms in total. The summed E-state index contributed by atoms with van der Waals surface area (Å²) < 4.78 is 25.3. The fourth-order valence-corrected chi connectivity index (χ4v) is 4.71. The van der Waals surface area contributed by atoms with E-state index < -0.39 is 0 Å². The lowest BCUT2D eigenvalue weighted by Crippen LogP contribution is -2.26. The number of thiophene rings is 1. The molecular formula is C23H24FNO4S. The summed E-state index contributed by atoms with van der Waals surface area (Å²) in [4.78, 5) is 14.8. The van der Waals surface area contributed by atoms with Crippen molar-refractivity contribution in [3.63, 3.8) is 0 Å². The van der Waals surface area contributed by atoms with Gasteiger partial charge < -0.3 is 14.6 Å². The molecule has 7 heteroatoms. The normalized spacial score (nSPS) is 16.8. The Bertz CT molecular complexity index is 1030. The van der Waals surface area contributed by atoms with E-state index in [1.807, 2.05) is 12.1 Å². The zero-order valence-corrected chi connectivity index (χ0v) is 17.6. The Morgan fingerprint density at radius 1 is 1.23 bits per heavy atom. The summed E-state index contributed by atoms with van der Waals surface area (Å²) in [6, 6.07) is 12.2. The first-order valence-electron chi connectivity index (χ1n) is 9.99. The highest BCUT2D eigenvalue weighted by Gasteiger charge is 2.22. The van der Waals surface area contributed by atoms with E-state index >= 15 is 0 Å². The van der Waals surface area contributed by atoms with Gasteiger partial charge in [0.05, 0.1) is 6.67 Å². The number of rotatable bonds is 8. The number of halogens is 1. The number of hydrogen-bond acceptors (Lipinski definition) is 6. The average molecular weight is 430 g/mol. The minimum atomic E-state index is -0.245. The third kappa shape index (κ3) is 4.57. The maximum absolute atomic E-state index is 12.7. The lowest BCUT2D eigenvalue weighted by molar-refractivity contribution is 0.101. The van der Waals surface area contributed by atoms with Crippen LogP contribution in [0.15, 0.2) is 42.5 Å². The van der Waals surface area contributed by atoms with Crippen LogP contribution in [0, 0.1) is 5.92 Å². The molecule has 158 valence electrons. The zero-order chi connectivity index (χ0) is 21.1. The summed E-state index contributed by atoms with van der Waals surface area (Å²) in [5, 5.41) is 10.5. The van der Waals surface area contributed by atoms with Gasteiger partial charge in [-0.05, 0) is 55.4 Å². The van der Waals surface area contributed by atoms with E-state index in [1.54, 1.807) is 30.3 Å². The molecule has 0 radical (unpaired) electrons. The molecule has 0 unspecified atom stereocenters. The second-order valence-corrected chi connectivity index (χ2v) is 8.58. The lowest BCUT2D eigenvalue weighted by Gasteiger charge is -2.16. The third-order valence-corrected chi connectivity index (χ3v) is 6.49. The van der Waals surface area contributed by atoms with Gasteiger partial charge >= 0.3 is 0 Å². The Morgan fingerprint density at radius 3 is 2.70 bits per heavy atom. The number of fused-ring (bicyclic) bond motifs is 1. The van der Waals surface area contributed by atoms with Gasteiger partial charge in [0.1, 0.15) is 28.7 Å². The number of alkyl halides is 1. The molecule has 2 aromatic carbocycles. The molecule has 1 N–H and O–H groups in total. The largest absolute Gasteiger partial charge is 0.508 e. The molecule has 0 aliphatic carbocycles. The van der Waals surface area contributed by atoms with Gasteiger partial charge in [0.15, 0.2) is 11.5 Å². The van der Waals surface area contributed by atoms with Crippen molar-refractivity contribution in [3.05, 3.63) is 47.3 Å². The van der Waals surface area contributed by atoms with Crippen LogP contribution >= 0.6 is 11.3 Å². The second kappa shape index (κ2) is 9.02. The van der Waals surface area contributed by atoms with Crippen molar-refractivity contribution >= 4 is 27.2 Å². The molecule has 3 aromatic rings. The molecule has 0 bridgehead atoms. The molecule has 1 fully saturated rings. The number of phenols is 1. The number of likely N-dealkylation sites (tertiary alicyclic amines) is 1. The molecular weight excluding hydrogens is 405 g/mol. The highest BCUT2D eigenvalue weighted by molar-refractivity contribution is 7.21. The van der Waals surface area contributed by atoms with Gasteiger partial charge in [0.25, 0.3) is 0 Å². The van der Waals surface area contributed by atoms with Gasteiger partial charge in [-0.3, -0.25) is 14.1 Å². The van der Waals surface area contributed by atoms with Crippen molar-refractivity contribution in [2.24, 2.45) is 5.92 Å². The number of carbonyl (C=O) groups excluding carboxylic acids is 1. The third-order valence-electron chi connectivity index (χ3n) is 5.26. The standard InChI is InChI=1S/C23H24FNO4S/c1-15(26)23-22(20-7-2-17(27)12-21(20)30-23)29-19-5-3-18(4-6-19)28-11-10-25-9-8-16(13-24)14-25/h2-7,12,16,27H,8-11,13-14H2,1H3/t16-/m0/s1. The van der Waals surface area contributed by atoms with Crippen LogP contribution in [0.2, 0.25) is 0 Å². The number of nitrogens with zero attached hydrogens (tertiary/aromatic N) is 1. The van der Waals surface area contributed by atoms with E-state index in [0.29, 0.717) is 23.0 Å². The SMILES string of the molecule is CC(=O)c1sc2cc(O)ccc2c1Oc1ccc(OCCN2CC[C@@H](CF)C2)cc1. The summed E-state index contributed by atoms with van der Waals surface area (Å²) in [6.07, 6.45) is 0.918. The van der Waals surface area contributed by atoms with Crippen molar-refractivity contribution in [3.8, 4) is 23.0 Å². The Morgan fingerprint density at radius 2 is 2.00 bits per heavy atom. The Labute approximate surface area is 178 Å². The highest BCUT2D eigenvalue weighted by atomic mass is 32.1. The van der Waals surface area contributed by atoms with Crippen LogP contribution in [-0.4, -0.2) is 48.7 Å². The maximum atomic E-state index is 12.7. The van der Waals surface area contributed by atoms with Crippen LogP contribution in [0.4, 0.5) is 4.39 Å². The number of Topliss-reactive ketones (excluding diaryl/α,β-unsaturated/α-hetero) is 1. The number of benzene rings is 2. The molecule has 2 heterocycles. The summed E-state index contributed by atoms with van der Waals surface area (Å²) in [5.41, 5.74) is 0. The number of carbonyl (C=O) groups is 1. The Hall–Kier alpha value is -2.64. The van der Waals surface area contributed by atoms with E-state index in [1.165, 1.54) is 18.3 Å².